The summed E-state index contributed by atoms with van der Waals surface area (Å²) in [6.45, 7) is 8.63. The van der Waals surface area contributed by atoms with Gasteiger partial charge in [-0.2, -0.15) is 0 Å². The van der Waals surface area contributed by atoms with Gasteiger partial charge in [0.25, 0.3) is 5.91 Å². The van der Waals surface area contributed by atoms with Gasteiger partial charge >= 0.3 is 0 Å². The number of hydrogen-bond acceptors (Lipinski definition) is 4. The lowest BCUT2D eigenvalue weighted by Crippen LogP contribution is -2.29. The fourth-order valence-corrected chi connectivity index (χ4v) is 3.24. The molecule has 1 amide bonds. The minimum Gasteiger partial charge on any atom is -0.487 e. The van der Waals surface area contributed by atoms with Crippen LogP contribution in [0.2, 0.25) is 5.02 Å². The SMILES string of the molecule is C=Cc1ccc(COc2ccc(C(=Cc3ccc(Cl)cc3)C(=O)NCCN)cc2)nc1C=C. The summed E-state index contributed by atoms with van der Waals surface area (Å²) in [6, 6.07) is 18.5. The maximum absolute atomic E-state index is 12.8. The van der Waals surface area contributed by atoms with E-state index in [9.17, 15) is 4.79 Å². The van der Waals surface area contributed by atoms with E-state index >= 15 is 0 Å². The van der Waals surface area contributed by atoms with Crippen molar-refractivity contribution in [1.82, 2.24) is 10.3 Å². The molecule has 5 nitrogen and oxygen atoms in total. The largest absolute Gasteiger partial charge is 0.487 e. The number of rotatable bonds is 10. The second-order valence-electron chi connectivity index (χ2n) is 7.15. The van der Waals surface area contributed by atoms with E-state index in [1.54, 1.807) is 24.3 Å². The Morgan fingerprint density at radius 2 is 1.76 bits per heavy atom. The van der Waals surface area contributed by atoms with Crippen molar-refractivity contribution in [3.63, 3.8) is 0 Å². The second kappa shape index (κ2) is 11.8. The van der Waals surface area contributed by atoms with E-state index in [0.29, 0.717) is 36.0 Å². The minimum absolute atomic E-state index is 0.201. The molecule has 168 valence electrons. The molecule has 0 aliphatic rings. The molecule has 0 saturated heterocycles. The van der Waals surface area contributed by atoms with Crippen LogP contribution in [-0.2, 0) is 11.4 Å². The van der Waals surface area contributed by atoms with Crippen molar-refractivity contribution in [1.29, 1.82) is 0 Å². The third-order valence-corrected chi connectivity index (χ3v) is 5.09. The molecule has 2 aromatic carbocycles. The summed E-state index contributed by atoms with van der Waals surface area (Å²) < 4.78 is 5.88. The summed E-state index contributed by atoms with van der Waals surface area (Å²) in [4.78, 5) is 17.3. The quantitative estimate of drug-likeness (QED) is 0.322. The predicted octanol–water partition coefficient (Wildman–Crippen LogP) is 5.22. The first-order chi connectivity index (χ1) is 16.0. The first kappa shape index (κ1) is 24.0. The van der Waals surface area contributed by atoms with Crippen LogP contribution in [-0.4, -0.2) is 24.0 Å². The summed E-state index contributed by atoms with van der Waals surface area (Å²) in [5.41, 5.74) is 10.2. The van der Waals surface area contributed by atoms with Crippen LogP contribution in [0.15, 0.2) is 73.8 Å². The maximum Gasteiger partial charge on any atom is 0.251 e. The molecule has 1 heterocycles. The van der Waals surface area contributed by atoms with Crippen molar-refractivity contribution in [2.45, 2.75) is 6.61 Å². The number of nitrogens with one attached hydrogen (secondary N) is 1. The number of pyridine rings is 1. The number of nitrogens with two attached hydrogens (primary N) is 1. The van der Waals surface area contributed by atoms with Crippen LogP contribution in [0.3, 0.4) is 0 Å². The highest BCUT2D eigenvalue weighted by Gasteiger charge is 2.12. The minimum atomic E-state index is -0.201. The Bertz CT molecular complexity index is 1150. The van der Waals surface area contributed by atoms with Gasteiger partial charge in [0.15, 0.2) is 0 Å². The van der Waals surface area contributed by atoms with Crippen LogP contribution in [0, 0.1) is 0 Å². The van der Waals surface area contributed by atoms with Crippen molar-refractivity contribution < 1.29 is 9.53 Å². The summed E-state index contributed by atoms with van der Waals surface area (Å²) >= 11 is 5.98. The fourth-order valence-electron chi connectivity index (χ4n) is 3.12. The van der Waals surface area contributed by atoms with Gasteiger partial charge < -0.3 is 15.8 Å². The van der Waals surface area contributed by atoms with Crippen molar-refractivity contribution in [2.24, 2.45) is 5.73 Å². The van der Waals surface area contributed by atoms with E-state index in [0.717, 1.165) is 28.1 Å². The lowest BCUT2D eigenvalue weighted by atomic mass is 10.0. The molecular formula is C27H26ClN3O2. The fraction of sp³-hybridized carbons (Fsp3) is 0.111. The normalized spacial score (nSPS) is 11.0. The molecule has 0 spiro atoms. The summed E-state index contributed by atoms with van der Waals surface area (Å²) in [5, 5.41) is 3.47. The average Bonchev–Trinajstić information content (AvgIpc) is 2.85. The van der Waals surface area contributed by atoms with E-state index < -0.39 is 0 Å². The monoisotopic (exact) mass is 459 g/mol. The molecule has 0 atom stereocenters. The standard InChI is InChI=1S/C27H26ClN3O2/c1-3-20-7-12-23(31-26(20)4-2)18-33-24-13-8-21(9-14-24)25(27(32)30-16-15-29)17-19-5-10-22(28)11-6-19/h3-14,17H,1-2,15-16,18,29H2,(H,30,32). The van der Waals surface area contributed by atoms with Crippen LogP contribution < -0.4 is 15.8 Å². The third-order valence-electron chi connectivity index (χ3n) is 4.84. The van der Waals surface area contributed by atoms with Crippen molar-refractivity contribution in [2.75, 3.05) is 13.1 Å². The summed E-state index contributed by atoms with van der Waals surface area (Å²) in [6.07, 6.45) is 5.26. The van der Waals surface area contributed by atoms with E-state index in [1.165, 1.54) is 0 Å². The molecule has 3 rings (SSSR count). The molecule has 0 saturated carbocycles. The highest BCUT2D eigenvalue weighted by Crippen LogP contribution is 2.23. The van der Waals surface area contributed by atoms with Gasteiger partial charge in [0, 0.05) is 23.7 Å². The number of halogens is 1. The molecular weight excluding hydrogens is 434 g/mol. The zero-order valence-electron chi connectivity index (χ0n) is 18.3. The third kappa shape index (κ3) is 6.65. The Morgan fingerprint density at radius 1 is 1.03 bits per heavy atom. The number of aromatic nitrogens is 1. The second-order valence-corrected chi connectivity index (χ2v) is 7.59. The molecule has 0 aliphatic carbocycles. The average molecular weight is 460 g/mol. The molecule has 0 unspecified atom stereocenters. The summed E-state index contributed by atoms with van der Waals surface area (Å²) in [7, 11) is 0. The molecule has 3 N–H and O–H groups in total. The number of carbonyl (C=O) groups is 1. The van der Waals surface area contributed by atoms with E-state index in [1.807, 2.05) is 54.6 Å². The highest BCUT2D eigenvalue weighted by molar-refractivity contribution is 6.30. The first-order valence-corrected chi connectivity index (χ1v) is 10.9. The Morgan fingerprint density at radius 3 is 2.39 bits per heavy atom. The highest BCUT2D eigenvalue weighted by atomic mass is 35.5. The van der Waals surface area contributed by atoms with Crippen LogP contribution in [0.25, 0.3) is 23.8 Å². The number of amides is 1. The molecule has 3 aromatic rings. The number of benzene rings is 2. The zero-order chi connectivity index (χ0) is 23.6. The number of hydrogen-bond donors (Lipinski definition) is 2. The Labute approximate surface area is 199 Å². The van der Waals surface area contributed by atoms with Crippen molar-refractivity contribution in [3.8, 4) is 5.75 Å². The van der Waals surface area contributed by atoms with Crippen molar-refractivity contribution in [3.05, 3.63) is 107 Å². The van der Waals surface area contributed by atoms with Crippen LogP contribution in [0.4, 0.5) is 0 Å². The zero-order valence-corrected chi connectivity index (χ0v) is 19.0. The van der Waals surface area contributed by atoms with Gasteiger partial charge in [-0.15, -0.1) is 0 Å². The van der Waals surface area contributed by atoms with Gasteiger partial charge in [-0.05, 0) is 59.2 Å². The molecule has 0 radical (unpaired) electrons. The van der Waals surface area contributed by atoms with Gasteiger partial charge in [0.05, 0.1) is 11.4 Å². The van der Waals surface area contributed by atoms with Gasteiger partial charge in [0.1, 0.15) is 12.4 Å². The molecule has 6 heteroatoms. The Balaban J connectivity index is 1.78. The lowest BCUT2D eigenvalue weighted by Gasteiger charge is -2.11. The van der Waals surface area contributed by atoms with Crippen LogP contribution >= 0.6 is 11.6 Å². The maximum atomic E-state index is 12.8. The lowest BCUT2D eigenvalue weighted by molar-refractivity contribution is -0.115. The molecule has 0 aliphatic heterocycles. The Hall–Kier alpha value is -3.67. The van der Waals surface area contributed by atoms with E-state index in [2.05, 4.69) is 23.5 Å². The van der Waals surface area contributed by atoms with Crippen LogP contribution in [0.1, 0.15) is 28.1 Å². The predicted molar refractivity (Wildman–Crippen MR) is 137 cm³/mol. The van der Waals surface area contributed by atoms with E-state index in [-0.39, 0.29) is 5.91 Å². The van der Waals surface area contributed by atoms with Crippen LogP contribution in [0.5, 0.6) is 5.75 Å². The smallest absolute Gasteiger partial charge is 0.251 e. The Kier molecular flexibility index (Phi) is 8.58. The van der Waals surface area contributed by atoms with Crippen molar-refractivity contribution >= 4 is 41.3 Å². The topological polar surface area (TPSA) is 77.2 Å². The summed E-state index contributed by atoms with van der Waals surface area (Å²) in [5.74, 6) is 0.467. The molecule has 0 bridgehead atoms. The van der Waals surface area contributed by atoms with Gasteiger partial charge in [-0.25, -0.2) is 4.98 Å². The number of carbonyl (C=O) groups excluding carboxylic acids is 1. The van der Waals surface area contributed by atoms with E-state index in [4.69, 9.17) is 22.1 Å². The molecule has 33 heavy (non-hydrogen) atoms. The van der Waals surface area contributed by atoms with Gasteiger partial charge in [-0.1, -0.05) is 61.2 Å². The first-order valence-electron chi connectivity index (χ1n) is 10.5. The number of ether oxygens (including phenoxy) is 1. The van der Waals surface area contributed by atoms with Gasteiger partial charge in [0.2, 0.25) is 0 Å². The molecule has 0 fully saturated rings. The molecule has 1 aromatic heterocycles. The van der Waals surface area contributed by atoms with Gasteiger partial charge in [-0.3, -0.25) is 4.79 Å². The number of nitrogens with zero attached hydrogens (tertiary/aromatic N) is 1.